The molecule has 3 rings (SSSR count). The van der Waals surface area contributed by atoms with E-state index in [2.05, 4.69) is 0 Å². The van der Waals surface area contributed by atoms with Gasteiger partial charge in [0.25, 0.3) is 0 Å². The average Bonchev–Trinajstić information content (AvgIpc) is 3.38. The van der Waals surface area contributed by atoms with Crippen LogP contribution in [0.4, 0.5) is 0 Å². The largest absolute Gasteiger partial charge is 0.479 e. The molecule has 0 radical (unpaired) electrons. The highest BCUT2D eigenvalue weighted by molar-refractivity contribution is 6.51. The summed E-state index contributed by atoms with van der Waals surface area (Å²) in [7, 11) is 0. The van der Waals surface area contributed by atoms with Gasteiger partial charge < -0.3 is 34.6 Å². The van der Waals surface area contributed by atoms with Crippen LogP contribution >= 0.6 is 23.2 Å². The number of ether oxygens (including phenoxy) is 3. The maximum Gasteiger partial charge on any atom is 0.352 e. The number of hydrogen-bond donors (Lipinski definition) is 4. The Morgan fingerprint density at radius 1 is 1.17 bits per heavy atom. The van der Waals surface area contributed by atoms with Crippen LogP contribution in [-0.4, -0.2) is 73.0 Å². The Bertz CT molecular complexity index is 987. The Morgan fingerprint density at radius 2 is 1.77 bits per heavy atom. The fourth-order valence-corrected chi connectivity index (χ4v) is 3.46. The first-order chi connectivity index (χ1) is 16.3. The molecular formula is C19H22Cl2O9. The standard InChI is InChI=1S/C19H22Cl2O9/c1-18(2,30-9-5-3-8(4-6-9)10-7-19(10,20)21)17(27)29-16-13(24)11(22)12(23)14(28-16)15(25)26/h3-6,10-14,16,22-24H,7H2,1-2H3,(H,25,26)/t10?,11-,12-,13+,14-,16-/m0/s1/i1D3,2D3. The van der Waals surface area contributed by atoms with E-state index in [1.54, 1.807) is 0 Å². The number of alkyl halides is 2. The maximum atomic E-state index is 13.1. The Morgan fingerprint density at radius 3 is 2.27 bits per heavy atom. The summed E-state index contributed by atoms with van der Waals surface area (Å²) in [6.07, 6.45) is -10.7. The smallest absolute Gasteiger partial charge is 0.352 e. The molecule has 1 aromatic carbocycles. The van der Waals surface area contributed by atoms with Gasteiger partial charge in [0.15, 0.2) is 11.7 Å². The van der Waals surface area contributed by atoms with Gasteiger partial charge in [-0.1, -0.05) is 12.1 Å². The van der Waals surface area contributed by atoms with E-state index in [1.807, 2.05) is 0 Å². The summed E-state index contributed by atoms with van der Waals surface area (Å²) in [5.74, 6) is -4.45. The number of esters is 1. The molecule has 1 aromatic rings. The second-order valence-corrected chi connectivity index (χ2v) is 8.55. The highest BCUT2D eigenvalue weighted by atomic mass is 35.5. The maximum absolute atomic E-state index is 13.1. The molecule has 0 aromatic heterocycles. The van der Waals surface area contributed by atoms with Crippen LogP contribution in [0.15, 0.2) is 24.3 Å². The van der Waals surface area contributed by atoms with Crippen molar-refractivity contribution < 1.29 is 52.5 Å². The van der Waals surface area contributed by atoms with Crippen molar-refractivity contribution in [2.75, 3.05) is 0 Å². The van der Waals surface area contributed by atoms with Crippen LogP contribution in [0.1, 0.15) is 39.8 Å². The quantitative estimate of drug-likeness (QED) is 0.352. The Hall–Kier alpha value is -1.62. The van der Waals surface area contributed by atoms with Crippen molar-refractivity contribution in [1.82, 2.24) is 0 Å². The predicted octanol–water partition coefficient (Wildman–Crippen LogP) is 0.941. The minimum absolute atomic E-state index is 0.219. The van der Waals surface area contributed by atoms with Gasteiger partial charge in [0.2, 0.25) is 6.29 Å². The SMILES string of the molecule is [2H]C([2H])([2H])C(Oc1ccc(C2CC2(Cl)Cl)cc1)(C(=O)O[C@@H]1O[C@H](C(=O)O)[C@@H](O)[C@H](O)[C@H]1O)C([2H])([2H])[2H]. The topological polar surface area (TPSA) is 143 Å². The molecule has 1 aliphatic carbocycles. The summed E-state index contributed by atoms with van der Waals surface area (Å²) in [6.45, 7) is -7.40. The number of halogens is 2. The molecular weight excluding hydrogens is 443 g/mol. The van der Waals surface area contributed by atoms with E-state index in [0.29, 0.717) is 12.0 Å². The number of aliphatic carboxylic acids is 1. The first-order valence-electron chi connectivity index (χ1n) is 11.6. The highest BCUT2D eigenvalue weighted by Crippen LogP contribution is 2.59. The van der Waals surface area contributed by atoms with Gasteiger partial charge >= 0.3 is 11.9 Å². The zero-order valence-electron chi connectivity index (χ0n) is 21.1. The van der Waals surface area contributed by atoms with Crippen LogP contribution in [0.2, 0.25) is 0 Å². The summed E-state index contributed by atoms with van der Waals surface area (Å²) in [5, 5.41) is 38.9. The van der Waals surface area contributed by atoms with Gasteiger partial charge in [0.05, 0.1) is 0 Å². The lowest BCUT2D eigenvalue weighted by molar-refractivity contribution is -0.289. The normalized spacial score (nSPS) is 36.7. The Kier molecular flexibility index (Phi) is 4.36. The van der Waals surface area contributed by atoms with Crippen molar-refractivity contribution in [3.8, 4) is 5.75 Å². The van der Waals surface area contributed by atoms with Gasteiger partial charge in [-0.25, -0.2) is 9.59 Å². The molecule has 166 valence electrons. The lowest BCUT2D eigenvalue weighted by atomic mass is 9.99. The zero-order chi connectivity index (χ0) is 27.4. The van der Waals surface area contributed by atoms with E-state index in [1.165, 1.54) is 24.3 Å². The Labute approximate surface area is 190 Å². The fraction of sp³-hybridized carbons (Fsp3) is 0.579. The molecule has 0 amide bonds. The molecule has 1 unspecified atom stereocenters. The first kappa shape index (κ1) is 16.1. The summed E-state index contributed by atoms with van der Waals surface area (Å²) in [4.78, 5) is 24.4. The van der Waals surface area contributed by atoms with Gasteiger partial charge in [-0.3, -0.25) is 0 Å². The molecule has 30 heavy (non-hydrogen) atoms. The summed E-state index contributed by atoms with van der Waals surface area (Å²) >= 11 is 12.0. The molecule has 0 bridgehead atoms. The number of carboxylic acids is 1. The number of hydrogen-bond acceptors (Lipinski definition) is 8. The van der Waals surface area contributed by atoms with E-state index in [0.717, 1.165) is 0 Å². The van der Waals surface area contributed by atoms with E-state index in [-0.39, 0.29) is 11.7 Å². The van der Waals surface area contributed by atoms with Gasteiger partial charge in [-0.15, -0.1) is 23.2 Å². The van der Waals surface area contributed by atoms with Crippen LogP contribution in [0, 0.1) is 0 Å². The minimum atomic E-state index is -3.70. The highest BCUT2D eigenvalue weighted by Gasteiger charge is 2.52. The lowest BCUT2D eigenvalue weighted by Crippen LogP contribution is -2.61. The van der Waals surface area contributed by atoms with Crippen molar-refractivity contribution in [3.05, 3.63) is 29.8 Å². The van der Waals surface area contributed by atoms with Gasteiger partial charge in [-0.05, 0) is 37.8 Å². The van der Waals surface area contributed by atoms with Crippen molar-refractivity contribution in [2.24, 2.45) is 0 Å². The number of benzene rings is 1. The molecule has 0 spiro atoms. The summed E-state index contributed by atoms with van der Waals surface area (Å²) in [6, 6.07) is 5.29. The number of carboxylic acid groups (broad SMARTS) is 1. The third-order valence-electron chi connectivity index (χ3n) is 4.70. The summed E-state index contributed by atoms with van der Waals surface area (Å²) in [5.41, 5.74) is -3.03. The molecule has 1 saturated carbocycles. The molecule has 11 heteroatoms. The molecule has 2 fully saturated rings. The number of aliphatic hydroxyl groups is 3. The van der Waals surface area contributed by atoms with Gasteiger partial charge in [0.1, 0.15) is 28.4 Å². The van der Waals surface area contributed by atoms with Crippen molar-refractivity contribution in [2.45, 2.75) is 66.7 Å². The lowest BCUT2D eigenvalue weighted by Gasteiger charge is -2.39. The summed E-state index contributed by atoms with van der Waals surface area (Å²) < 4.78 is 60.8. The van der Waals surface area contributed by atoms with Crippen LogP contribution < -0.4 is 4.74 Å². The van der Waals surface area contributed by atoms with Crippen molar-refractivity contribution >= 4 is 35.1 Å². The van der Waals surface area contributed by atoms with E-state index >= 15 is 0 Å². The monoisotopic (exact) mass is 470 g/mol. The number of carbonyl (C=O) groups excluding carboxylic acids is 1. The van der Waals surface area contributed by atoms with E-state index in [9.17, 15) is 24.9 Å². The third kappa shape index (κ3) is 4.66. The fourth-order valence-electron chi connectivity index (χ4n) is 2.90. The van der Waals surface area contributed by atoms with Crippen LogP contribution in [-0.2, 0) is 19.1 Å². The molecule has 9 nitrogen and oxygen atoms in total. The molecule has 2 aliphatic rings. The molecule has 1 aliphatic heterocycles. The van der Waals surface area contributed by atoms with Crippen LogP contribution in [0.5, 0.6) is 5.75 Å². The number of aliphatic hydroxyl groups excluding tert-OH is 3. The number of carbonyl (C=O) groups is 2. The second kappa shape index (κ2) is 8.14. The van der Waals surface area contributed by atoms with Crippen molar-refractivity contribution in [1.29, 1.82) is 0 Å². The van der Waals surface area contributed by atoms with E-state index in [4.69, 9.17) is 50.7 Å². The molecule has 4 N–H and O–H groups in total. The first-order valence-corrected chi connectivity index (χ1v) is 9.39. The van der Waals surface area contributed by atoms with Crippen molar-refractivity contribution in [3.63, 3.8) is 0 Å². The zero-order valence-corrected chi connectivity index (χ0v) is 16.6. The molecule has 1 saturated heterocycles. The average molecular weight is 471 g/mol. The van der Waals surface area contributed by atoms with Gasteiger partial charge in [0, 0.05) is 14.1 Å². The molecule has 1 heterocycles. The Balaban J connectivity index is 1.94. The van der Waals surface area contributed by atoms with Crippen LogP contribution in [0.25, 0.3) is 0 Å². The second-order valence-electron chi connectivity index (χ2n) is 7.01. The minimum Gasteiger partial charge on any atom is -0.479 e. The van der Waals surface area contributed by atoms with Crippen LogP contribution in [0.3, 0.4) is 0 Å². The van der Waals surface area contributed by atoms with E-state index < -0.39 is 66.3 Å². The predicted molar refractivity (Wildman–Crippen MR) is 103 cm³/mol. The third-order valence-corrected chi connectivity index (χ3v) is 5.54. The number of rotatable bonds is 6. The molecule has 6 atom stereocenters. The van der Waals surface area contributed by atoms with Gasteiger partial charge in [-0.2, -0.15) is 0 Å².